The largest absolute Gasteiger partial charge is 0.530 e. The van der Waals surface area contributed by atoms with Gasteiger partial charge in [-0.05, 0) is 53.4 Å². The molecule has 8 nitrogen and oxygen atoms in total. The molecule has 1 amide bonds. The average molecular weight is 621 g/mol. The van der Waals surface area contributed by atoms with Gasteiger partial charge in [-0.1, -0.05) is 74.2 Å². The molecule has 9 heteroatoms. The maximum absolute atomic E-state index is 11.7. The minimum atomic E-state index is -1.17. The molecule has 44 heavy (non-hydrogen) atoms. The quantitative estimate of drug-likeness (QED) is 0.103. The van der Waals surface area contributed by atoms with Crippen LogP contribution in [-0.4, -0.2) is 64.9 Å². The number of piperidine rings is 1. The van der Waals surface area contributed by atoms with Crippen molar-refractivity contribution in [1.82, 2.24) is 4.90 Å². The Morgan fingerprint density at radius 3 is 2.36 bits per heavy atom. The van der Waals surface area contributed by atoms with Crippen LogP contribution in [0.1, 0.15) is 35.4 Å². The first-order valence-electron chi connectivity index (χ1n) is 15.5. The summed E-state index contributed by atoms with van der Waals surface area (Å²) in [4.78, 5) is 13.0. The van der Waals surface area contributed by atoms with E-state index in [9.17, 15) is 9.90 Å². The second kappa shape index (κ2) is 17.2. The fraction of sp³-hybridized carbons (Fsp3) is 0.457. The standard InChI is InChI=1S/C35H47NO7Si/c1-44(2,3)22-21-40-27-43-32-12-7-11-29(23-32)26-42-34-24-36(35(37)38)18-17-33(34)30-13-15-31(16-14-30)41-20-8-19-39-25-28-9-5-4-6-10-28/h4-7,9-16,23,33-34H,8,17-22,24-27H2,1-3H3,(H,37,38)/p-1. The third-order valence-corrected chi connectivity index (χ3v) is 9.31. The predicted molar refractivity (Wildman–Crippen MR) is 172 cm³/mol. The molecule has 1 aliphatic rings. The summed E-state index contributed by atoms with van der Waals surface area (Å²) < 4.78 is 29.5. The van der Waals surface area contributed by atoms with Crippen molar-refractivity contribution < 1.29 is 33.6 Å². The first-order valence-corrected chi connectivity index (χ1v) is 19.2. The van der Waals surface area contributed by atoms with Crippen molar-refractivity contribution in [2.24, 2.45) is 0 Å². The third-order valence-electron chi connectivity index (χ3n) is 7.61. The van der Waals surface area contributed by atoms with Crippen LogP contribution >= 0.6 is 0 Å². The fourth-order valence-electron chi connectivity index (χ4n) is 5.03. The normalized spacial score (nSPS) is 16.9. The Labute approximate surface area is 262 Å². The summed E-state index contributed by atoms with van der Waals surface area (Å²) in [5, 5.41) is 11.7. The molecule has 2 atom stereocenters. The second-order valence-electron chi connectivity index (χ2n) is 12.4. The van der Waals surface area contributed by atoms with Gasteiger partial charge in [0.2, 0.25) is 0 Å². The summed E-state index contributed by atoms with van der Waals surface area (Å²) >= 11 is 0. The third kappa shape index (κ3) is 11.6. The number of hydrogen-bond donors (Lipinski definition) is 0. The van der Waals surface area contributed by atoms with Gasteiger partial charge in [0.1, 0.15) is 17.6 Å². The highest BCUT2D eigenvalue weighted by molar-refractivity contribution is 6.76. The van der Waals surface area contributed by atoms with Gasteiger partial charge in [-0.25, -0.2) is 0 Å². The molecule has 1 saturated heterocycles. The Kier molecular flexibility index (Phi) is 13.1. The Morgan fingerprint density at radius 2 is 1.61 bits per heavy atom. The van der Waals surface area contributed by atoms with Crippen LogP contribution < -0.4 is 14.6 Å². The number of amides is 1. The summed E-state index contributed by atoms with van der Waals surface area (Å²) in [6.45, 7) is 10.7. The van der Waals surface area contributed by atoms with E-state index in [1.807, 2.05) is 66.7 Å². The van der Waals surface area contributed by atoms with Crippen molar-refractivity contribution in [1.29, 1.82) is 0 Å². The molecule has 238 valence electrons. The van der Waals surface area contributed by atoms with Crippen LogP contribution in [0.4, 0.5) is 4.79 Å². The average Bonchev–Trinajstić information content (AvgIpc) is 3.02. The summed E-state index contributed by atoms with van der Waals surface area (Å²) in [5.74, 6) is 1.56. The van der Waals surface area contributed by atoms with Crippen LogP contribution in [0.25, 0.3) is 0 Å². The zero-order valence-corrected chi connectivity index (χ0v) is 27.2. The van der Waals surface area contributed by atoms with Crippen LogP contribution in [0.5, 0.6) is 11.5 Å². The van der Waals surface area contributed by atoms with Crippen LogP contribution in [0, 0.1) is 0 Å². The first-order chi connectivity index (χ1) is 21.3. The van der Waals surface area contributed by atoms with Gasteiger partial charge in [0.05, 0.1) is 32.5 Å². The smallest absolute Gasteiger partial charge is 0.189 e. The highest BCUT2D eigenvalue weighted by Gasteiger charge is 2.31. The lowest BCUT2D eigenvalue weighted by Gasteiger charge is -2.40. The minimum absolute atomic E-state index is 0.0465. The number of carbonyl (C=O) groups is 1. The molecular weight excluding hydrogens is 574 g/mol. The van der Waals surface area contributed by atoms with E-state index >= 15 is 0 Å². The molecule has 0 aromatic heterocycles. The van der Waals surface area contributed by atoms with Crippen LogP contribution in [0.3, 0.4) is 0 Å². The van der Waals surface area contributed by atoms with E-state index in [1.165, 1.54) is 4.90 Å². The number of carboxylic acid groups (broad SMARTS) is 1. The van der Waals surface area contributed by atoms with Gasteiger partial charge in [0.25, 0.3) is 0 Å². The lowest BCUT2D eigenvalue weighted by Crippen LogP contribution is -2.51. The van der Waals surface area contributed by atoms with Crippen molar-refractivity contribution in [3.8, 4) is 11.5 Å². The molecule has 0 bridgehead atoms. The topological polar surface area (TPSA) is 89.5 Å². The molecule has 0 N–H and O–H groups in total. The zero-order chi connectivity index (χ0) is 31.2. The van der Waals surface area contributed by atoms with Crippen molar-refractivity contribution in [3.63, 3.8) is 0 Å². The highest BCUT2D eigenvalue weighted by Crippen LogP contribution is 2.32. The number of carbonyl (C=O) groups excluding carboxylic acids is 1. The summed E-state index contributed by atoms with van der Waals surface area (Å²) in [7, 11) is -1.14. The van der Waals surface area contributed by atoms with E-state index in [0.717, 1.165) is 34.9 Å². The Morgan fingerprint density at radius 1 is 0.841 bits per heavy atom. The van der Waals surface area contributed by atoms with Gasteiger partial charge < -0.3 is 38.5 Å². The highest BCUT2D eigenvalue weighted by atomic mass is 28.3. The van der Waals surface area contributed by atoms with Gasteiger partial charge in [0, 0.05) is 40.1 Å². The maximum atomic E-state index is 11.7. The summed E-state index contributed by atoms with van der Waals surface area (Å²) in [6, 6.07) is 27.0. The van der Waals surface area contributed by atoms with Crippen molar-refractivity contribution in [2.75, 3.05) is 39.7 Å². The van der Waals surface area contributed by atoms with Crippen molar-refractivity contribution >= 4 is 14.2 Å². The lowest BCUT2D eigenvalue weighted by atomic mass is 9.87. The maximum Gasteiger partial charge on any atom is 0.189 e. The SMILES string of the molecule is C[Si](C)(C)CCOCOc1cccc(COC2CN(C(=O)[O-])CCC2c2ccc(OCCCOCc3ccccc3)cc2)c1. The van der Waals surface area contributed by atoms with Crippen LogP contribution in [-0.2, 0) is 27.4 Å². The molecule has 3 aromatic carbocycles. The number of ether oxygens (including phenoxy) is 5. The Hall–Kier alpha value is -3.37. The van der Waals surface area contributed by atoms with E-state index in [1.54, 1.807) is 0 Å². The molecular formula is C35H46NO7Si-. The molecule has 0 spiro atoms. The van der Waals surface area contributed by atoms with Crippen molar-refractivity contribution in [3.05, 3.63) is 95.6 Å². The fourth-order valence-corrected chi connectivity index (χ4v) is 5.79. The van der Waals surface area contributed by atoms with E-state index in [2.05, 4.69) is 31.8 Å². The molecule has 0 aliphatic carbocycles. The number of nitrogens with zero attached hydrogens (tertiary/aromatic N) is 1. The summed E-state index contributed by atoms with van der Waals surface area (Å²) in [5.41, 5.74) is 3.21. The Bertz CT molecular complexity index is 1270. The molecule has 4 rings (SSSR count). The number of hydrogen-bond acceptors (Lipinski definition) is 7. The van der Waals surface area contributed by atoms with Gasteiger partial charge in [-0.2, -0.15) is 0 Å². The van der Waals surface area contributed by atoms with Crippen molar-refractivity contribution in [2.45, 2.75) is 63.8 Å². The van der Waals surface area contributed by atoms with E-state index in [0.29, 0.717) is 51.7 Å². The van der Waals surface area contributed by atoms with E-state index in [-0.39, 0.29) is 25.4 Å². The van der Waals surface area contributed by atoms with E-state index in [4.69, 9.17) is 23.7 Å². The number of rotatable bonds is 17. The number of likely N-dealkylation sites (tertiary alicyclic amines) is 1. The van der Waals surface area contributed by atoms with Gasteiger partial charge >= 0.3 is 0 Å². The predicted octanol–water partition coefficient (Wildman–Crippen LogP) is 6.08. The molecule has 0 radical (unpaired) electrons. The molecule has 0 saturated carbocycles. The van der Waals surface area contributed by atoms with E-state index < -0.39 is 14.2 Å². The summed E-state index contributed by atoms with van der Waals surface area (Å²) in [6.07, 6.45) is -0.0396. The van der Waals surface area contributed by atoms with Gasteiger partial charge in [-0.15, -0.1) is 0 Å². The second-order valence-corrected chi connectivity index (χ2v) is 18.0. The number of benzene rings is 3. The first kappa shape index (κ1) is 33.5. The molecule has 1 aliphatic heterocycles. The van der Waals surface area contributed by atoms with Crippen LogP contribution in [0.2, 0.25) is 25.7 Å². The molecule has 2 unspecified atom stereocenters. The Balaban J connectivity index is 1.25. The molecule has 1 fully saturated rings. The zero-order valence-electron chi connectivity index (χ0n) is 26.2. The lowest BCUT2D eigenvalue weighted by molar-refractivity contribution is -0.268. The van der Waals surface area contributed by atoms with Gasteiger partial charge in [0.15, 0.2) is 6.79 Å². The minimum Gasteiger partial charge on any atom is -0.530 e. The van der Waals surface area contributed by atoms with Crippen LogP contribution in [0.15, 0.2) is 78.9 Å². The van der Waals surface area contributed by atoms with Gasteiger partial charge in [-0.3, -0.25) is 0 Å². The molecule has 3 aromatic rings. The monoisotopic (exact) mass is 620 g/mol. The molecule has 1 heterocycles.